The fourth-order valence-corrected chi connectivity index (χ4v) is 1.70. The maximum atomic E-state index is 5.31. The minimum absolute atomic E-state index is 0.341. The van der Waals surface area contributed by atoms with Crippen molar-refractivity contribution in [3.63, 3.8) is 0 Å². The molecule has 0 fully saturated rings. The van der Waals surface area contributed by atoms with Crippen molar-refractivity contribution in [2.45, 2.75) is 26.3 Å². The lowest BCUT2D eigenvalue weighted by atomic mass is 10.2. The number of hydrogen-bond donors (Lipinski definition) is 1. The van der Waals surface area contributed by atoms with E-state index in [1.165, 1.54) is 0 Å². The summed E-state index contributed by atoms with van der Waals surface area (Å²) < 4.78 is 5.31. The molecule has 1 unspecified atom stereocenters. The topological polar surface area (TPSA) is 38.1 Å². The van der Waals surface area contributed by atoms with E-state index in [1.54, 1.807) is 6.26 Å². The minimum Gasteiger partial charge on any atom is -0.469 e. The largest absolute Gasteiger partial charge is 0.469 e. The summed E-state index contributed by atoms with van der Waals surface area (Å²) in [4.78, 5) is 4.16. The molecule has 0 amide bonds. The lowest BCUT2D eigenvalue weighted by Gasteiger charge is -2.14. The third-order valence-electron chi connectivity index (χ3n) is 2.40. The molecule has 3 nitrogen and oxygen atoms in total. The third-order valence-corrected chi connectivity index (χ3v) is 2.40. The molecule has 2 aromatic rings. The first-order valence-corrected chi connectivity index (χ1v) is 5.45. The molecule has 1 atom stereocenters. The average Bonchev–Trinajstić information content (AvgIpc) is 2.70. The third kappa shape index (κ3) is 2.86. The molecular weight excluding hydrogens is 200 g/mol. The number of aromatic nitrogens is 1. The van der Waals surface area contributed by atoms with Crippen LogP contribution in [0, 0.1) is 6.92 Å². The van der Waals surface area contributed by atoms with Gasteiger partial charge in [-0.05, 0) is 38.1 Å². The number of nitrogens with one attached hydrogen (secondary N) is 1. The zero-order valence-corrected chi connectivity index (χ0v) is 9.60. The van der Waals surface area contributed by atoms with Gasteiger partial charge in [0.05, 0.1) is 6.26 Å². The number of nitrogens with zero attached hydrogens (tertiary/aromatic N) is 1. The van der Waals surface area contributed by atoms with Gasteiger partial charge in [0.25, 0.3) is 0 Å². The highest BCUT2D eigenvalue weighted by Gasteiger charge is 2.05. The van der Waals surface area contributed by atoms with Crippen molar-refractivity contribution in [1.82, 2.24) is 4.98 Å². The predicted octanol–water partition coefficient (Wildman–Crippen LogP) is 3.03. The Kier molecular flexibility index (Phi) is 3.25. The van der Waals surface area contributed by atoms with E-state index >= 15 is 0 Å². The van der Waals surface area contributed by atoms with Crippen molar-refractivity contribution in [2.24, 2.45) is 0 Å². The molecular formula is C13H16N2O. The highest BCUT2D eigenvalue weighted by molar-refractivity contribution is 5.43. The molecule has 3 heteroatoms. The molecule has 16 heavy (non-hydrogen) atoms. The molecule has 0 aliphatic rings. The highest BCUT2D eigenvalue weighted by Crippen LogP contribution is 2.11. The van der Waals surface area contributed by atoms with Crippen LogP contribution in [0.2, 0.25) is 0 Å². The Hall–Kier alpha value is -1.77. The van der Waals surface area contributed by atoms with Crippen molar-refractivity contribution < 1.29 is 4.42 Å². The summed E-state index contributed by atoms with van der Waals surface area (Å²) in [7, 11) is 0. The van der Waals surface area contributed by atoms with Gasteiger partial charge in [-0.2, -0.15) is 0 Å². The van der Waals surface area contributed by atoms with Gasteiger partial charge in [0.15, 0.2) is 0 Å². The number of pyridine rings is 1. The molecule has 2 aromatic heterocycles. The van der Waals surface area contributed by atoms with Gasteiger partial charge < -0.3 is 9.73 Å². The summed E-state index contributed by atoms with van der Waals surface area (Å²) in [5.41, 5.74) is 2.13. The van der Waals surface area contributed by atoms with Crippen LogP contribution in [0.25, 0.3) is 0 Å². The normalized spacial score (nSPS) is 12.4. The molecule has 0 bridgehead atoms. The first-order chi connectivity index (χ1) is 7.74. The van der Waals surface area contributed by atoms with Crippen LogP contribution in [0.4, 0.5) is 5.69 Å². The number of anilines is 1. The summed E-state index contributed by atoms with van der Waals surface area (Å²) in [5, 5.41) is 3.42. The quantitative estimate of drug-likeness (QED) is 0.853. The second kappa shape index (κ2) is 4.84. The monoisotopic (exact) mass is 216 g/mol. The molecule has 1 N–H and O–H groups in total. The number of aryl methyl sites for hydroxylation is 1. The number of hydrogen-bond acceptors (Lipinski definition) is 3. The van der Waals surface area contributed by atoms with Crippen LogP contribution >= 0.6 is 0 Å². The van der Waals surface area contributed by atoms with Crippen LogP contribution in [-0.4, -0.2) is 11.0 Å². The Morgan fingerprint density at radius 2 is 2.31 bits per heavy atom. The van der Waals surface area contributed by atoms with E-state index in [0.29, 0.717) is 6.04 Å². The molecule has 0 saturated carbocycles. The van der Waals surface area contributed by atoms with Gasteiger partial charge >= 0.3 is 0 Å². The van der Waals surface area contributed by atoms with Crippen LogP contribution in [0.1, 0.15) is 18.4 Å². The fourth-order valence-electron chi connectivity index (χ4n) is 1.70. The minimum atomic E-state index is 0.341. The fraction of sp³-hybridized carbons (Fsp3) is 0.308. The standard InChI is InChI=1S/C13H16N2O/c1-10-8-12(5-6-14-10)15-11(2)9-13-4-3-7-16-13/h3-8,11H,9H2,1-2H3,(H,14,15). The molecule has 84 valence electrons. The highest BCUT2D eigenvalue weighted by atomic mass is 16.3. The van der Waals surface area contributed by atoms with Crippen molar-refractivity contribution in [2.75, 3.05) is 5.32 Å². The van der Waals surface area contributed by atoms with E-state index in [0.717, 1.165) is 23.6 Å². The van der Waals surface area contributed by atoms with Crippen LogP contribution < -0.4 is 5.32 Å². The van der Waals surface area contributed by atoms with Gasteiger partial charge in [-0.25, -0.2) is 0 Å². The summed E-state index contributed by atoms with van der Waals surface area (Å²) >= 11 is 0. The Balaban J connectivity index is 1.94. The molecule has 0 aliphatic heterocycles. The van der Waals surface area contributed by atoms with E-state index in [2.05, 4.69) is 17.2 Å². The van der Waals surface area contributed by atoms with E-state index in [1.807, 2.05) is 37.4 Å². The van der Waals surface area contributed by atoms with Gasteiger partial charge in [-0.3, -0.25) is 4.98 Å². The van der Waals surface area contributed by atoms with Crippen molar-refractivity contribution in [3.8, 4) is 0 Å². The maximum Gasteiger partial charge on any atom is 0.105 e. The van der Waals surface area contributed by atoms with Gasteiger partial charge in [-0.15, -0.1) is 0 Å². The first kappa shape index (κ1) is 10.7. The van der Waals surface area contributed by atoms with Gasteiger partial charge in [-0.1, -0.05) is 0 Å². The molecule has 2 heterocycles. The summed E-state index contributed by atoms with van der Waals surface area (Å²) in [5.74, 6) is 1.01. The maximum absolute atomic E-state index is 5.31. The summed E-state index contributed by atoms with van der Waals surface area (Å²) in [6.45, 7) is 4.13. The van der Waals surface area contributed by atoms with E-state index in [-0.39, 0.29) is 0 Å². The van der Waals surface area contributed by atoms with E-state index < -0.39 is 0 Å². The van der Waals surface area contributed by atoms with Crippen molar-refractivity contribution >= 4 is 5.69 Å². The molecule has 0 saturated heterocycles. The second-order valence-corrected chi connectivity index (χ2v) is 4.01. The molecule has 2 rings (SSSR count). The molecule has 0 spiro atoms. The number of rotatable bonds is 4. The summed E-state index contributed by atoms with van der Waals surface area (Å²) in [6.07, 6.45) is 4.41. The molecule has 0 aliphatic carbocycles. The van der Waals surface area contributed by atoms with Crippen LogP contribution in [0.5, 0.6) is 0 Å². The Morgan fingerprint density at radius 3 is 3.00 bits per heavy atom. The number of furan rings is 1. The Labute approximate surface area is 95.5 Å². The van der Waals surface area contributed by atoms with E-state index in [4.69, 9.17) is 4.42 Å². The lowest BCUT2D eigenvalue weighted by molar-refractivity contribution is 0.498. The second-order valence-electron chi connectivity index (χ2n) is 4.01. The van der Waals surface area contributed by atoms with Gasteiger partial charge in [0.2, 0.25) is 0 Å². The van der Waals surface area contributed by atoms with Gasteiger partial charge in [0.1, 0.15) is 5.76 Å². The Bertz CT molecular complexity index is 437. The van der Waals surface area contributed by atoms with Crippen LogP contribution in [0.3, 0.4) is 0 Å². The molecule has 0 radical (unpaired) electrons. The van der Waals surface area contributed by atoms with Crippen molar-refractivity contribution in [1.29, 1.82) is 0 Å². The Morgan fingerprint density at radius 1 is 1.44 bits per heavy atom. The zero-order valence-electron chi connectivity index (χ0n) is 9.60. The van der Waals surface area contributed by atoms with Gasteiger partial charge in [0, 0.05) is 30.0 Å². The summed E-state index contributed by atoms with van der Waals surface area (Å²) in [6, 6.07) is 8.27. The predicted molar refractivity (Wildman–Crippen MR) is 64.5 cm³/mol. The first-order valence-electron chi connectivity index (χ1n) is 5.45. The van der Waals surface area contributed by atoms with E-state index in [9.17, 15) is 0 Å². The molecule has 0 aromatic carbocycles. The lowest BCUT2D eigenvalue weighted by Crippen LogP contribution is -2.17. The van der Waals surface area contributed by atoms with Crippen molar-refractivity contribution in [3.05, 3.63) is 48.2 Å². The van der Waals surface area contributed by atoms with Crippen LogP contribution in [-0.2, 0) is 6.42 Å². The zero-order chi connectivity index (χ0) is 11.4. The smallest absolute Gasteiger partial charge is 0.105 e. The average molecular weight is 216 g/mol. The van der Waals surface area contributed by atoms with Crippen LogP contribution in [0.15, 0.2) is 41.1 Å². The SMILES string of the molecule is Cc1cc(NC(C)Cc2ccco2)ccn1.